The molecule has 2 atom stereocenters. The highest BCUT2D eigenvalue weighted by Gasteiger charge is 2.36. The number of rotatable bonds is 3. The minimum absolute atomic E-state index is 0.0385. The molecule has 1 aromatic heterocycles. The SMILES string of the molecule is C[C@@H](N)[C@@H]1CCCCN1S(=O)(=O)c1cc(Cl)cnc1N. The average molecular weight is 319 g/mol. The minimum atomic E-state index is -3.73. The van der Waals surface area contributed by atoms with Crippen molar-refractivity contribution < 1.29 is 8.42 Å². The third-order valence-electron chi connectivity index (χ3n) is 3.54. The Bertz CT molecular complexity index is 591. The lowest BCUT2D eigenvalue weighted by molar-refractivity contribution is 0.227. The first-order valence-corrected chi connectivity index (χ1v) is 8.34. The third-order valence-corrected chi connectivity index (χ3v) is 5.70. The van der Waals surface area contributed by atoms with Crippen LogP contribution in [0.15, 0.2) is 17.2 Å². The van der Waals surface area contributed by atoms with Gasteiger partial charge in [-0.1, -0.05) is 18.0 Å². The second-order valence-corrected chi connectivity index (χ2v) is 7.37. The van der Waals surface area contributed by atoms with Crippen molar-refractivity contribution in [2.24, 2.45) is 5.73 Å². The first-order valence-electron chi connectivity index (χ1n) is 6.52. The number of anilines is 1. The van der Waals surface area contributed by atoms with Crippen LogP contribution in [0.5, 0.6) is 0 Å². The van der Waals surface area contributed by atoms with E-state index in [0.717, 1.165) is 19.3 Å². The van der Waals surface area contributed by atoms with E-state index < -0.39 is 10.0 Å². The summed E-state index contributed by atoms with van der Waals surface area (Å²) >= 11 is 5.84. The highest BCUT2D eigenvalue weighted by molar-refractivity contribution is 7.89. The predicted molar refractivity (Wildman–Crippen MR) is 78.8 cm³/mol. The van der Waals surface area contributed by atoms with Crippen molar-refractivity contribution in [1.82, 2.24) is 9.29 Å². The van der Waals surface area contributed by atoms with E-state index in [2.05, 4.69) is 4.98 Å². The Balaban J connectivity index is 2.45. The molecule has 4 N–H and O–H groups in total. The summed E-state index contributed by atoms with van der Waals surface area (Å²) in [5.74, 6) is -0.0385. The zero-order chi connectivity index (χ0) is 14.9. The van der Waals surface area contributed by atoms with Crippen LogP contribution in [0, 0.1) is 0 Å². The third kappa shape index (κ3) is 2.90. The van der Waals surface area contributed by atoms with E-state index in [1.54, 1.807) is 0 Å². The maximum Gasteiger partial charge on any atom is 0.247 e. The van der Waals surface area contributed by atoms with Crippen LogP contribution in [0.4, 0.5) is 5.82 Å². The lowest BCUT2D eigenvalue weighted by atomic mass is 10.00. The number of sulfonamides is 1. The minimum Gasteiger partial charge on any atom is -0.383 e. The predicted octanol–water partition coefficient (Wildman–Crippen LogP) is 1.21. The molecule has 1 aromatic rings. The van der Waals surface area contributed by atoms with Gasteiger partial charge in [0.25, 0.3) is 0 Å². The molecule has 0 aromatic carbocycles. The van der Waals surface area contributed by atoms with Gasteiger partial charge in [-0.2, -0.15) is 4.31 Å². The molecule has 1 aliphatic heterocycles. The molecule has 2 heterocycles. The van der Waals surface area contributed by atoms with Crippen LogP contribution in [0.2, 0.25) is 5.02 Å². The van der Waals surface area contributed by atoms with Gasteiger partial charge in [-0.25, -0.2) is 13.4 Å². The summed E-state index contributed by atoms with van der Waals surface area (Å²) in [6.07, 6.45) is 3.87. The number of piperidine rings is 1. The standard InChI is InChI=1S/C12H19ClN4O2S/c1-8(14)10-4-2-3-5-17(10)20(18,19)11-6-9(13)7-16-12(11)15/h6-8,10H,2-5,14H2,1H3,(H2,15,16)/t8-,10+/m1/s1. The van der Waals surface area contributed by atoms with Gasteiger partial charge in [0.1, 0.15) is 10.7 Å². The molecule has 20 heavy (non-hydrogen) atoms. The quantitative estimate of drug-likeness (QED) is 0.872. The highest BCUT2D eigenvalue weighted by Crippen LogP contribution is 2.29. The molecule has 1 fully saturated rings. The lowest BCUT2D eigenvalue weighted by Crippen LogP contribution is -2.51. The number of hydrogen-bond acceptors (Lipinski definition) is 5. The Hall–Kier alpha value is -0.890. The normalized spacial score (nSPS) is 22.6. The summed E-state index contributed by atoms with van der Waals surface area (Å²) in [6, 6.07) is 0.886. The molecular weight excluding hydrogens is 300 g/mol. The van der Waals surface area contributed by atoms with E-state index >= 15 is 0 Å². The maximum absolute atomic E-state index is 12.8. The lowest BCUT2D eigenvalue weighted by Gasteiger charge is -2.36. The molecule has 0 bridgehead atoms. The largest absolute Gasteiger partial charge is 0.383 e. The summed E-state index contributed by atoms with van der Waals surface area (Å²) in [5.41, 5.74) is 11.6. The summed E-state index contributed by atoms with van der Waals surface area (Å²) in [5, 5.41) is 0.243. The molecule has 6 nitrogen and oxygen atoms in total. The van der Waals surface area contributed by atoms with E-state index in [4.69, 9.17) is 23.1 Å². The molecule has 2 rings (SSSR count). The molecule has 0 saturated carbocycles. The topological polar surface area (TPSA) is 102 Å². The number of aromatic nitrogens is 1. The Kier molecular flexibility index (Phi) is 4.53. The van der Waals surface area contributed by atoms with Crippen LogP contribution in [0.1, 0.15) is 26.2 Å². The van der Waals surface area contributed by atoms with Crippen LogP contribution in [0.3, 0.4) is 0 Å². The Morgan fingerprint density at radius 3 is 2.85 bits per heavy atom. The first-order chi connectivity index (χ1) is 9.34. The number of pyridine rings is 1. The number of nitrogens with two attached hydrogens (primary N) is 2. The average Bonchev–Trinajstić information content (AvgIpc) is 2.41. The summed E-state index contributed by atoms with van der Waals surface area (Å²) in [6.45, 7) is 2.26. The molecule has 8 heteroatoms. The van der Waals surface area contributed by atoms with Crippen LogP contribution in [0.25, 0.3) is 0 Å². The van der Waals surface area contributed by atoms with Crippen molar-refractivity contribution in [3.63, 3.8) is 0 Å². The van der Waals surface area contributed by atoms with E-state index in [0.29, 0.717) is 6.54 Å². The fraction of sp³-hybridized carbons (Fsp3) is 0.583. The van der Waals surface area contributed by atoms with Gasteiger partial charge in [0, 0.05) is 24.8 Å². The number of hydrogen-bond donors (Lipinski definition) is 2. The Morgan fingerprint density at radius 2 is 2.20 bits per heavy atom. The van der Waals surface area contributed by atoms with Crippen molar-refractivity contribution in [2.75, 3.05) is 12.3 Å². The van der Waals surface area contributed by atoms with Gasteiger partial charge >= 0.3 is 0 Å². The van der Waals surface area contributed by atoms with Gasteiger partial charge in [0.15, 0.2) is 0 Å². The van der Waals surface area contributed by atoms with Crippen LogP contribution < -0.4 is 11.5 Å². The van der Waals surface area contributed by atoms with Crippen molar-refractivity contribution >= 4 is 27.4 Å². The van der Waals surface area contributed by atoms with Gasteiger partial charge in [-0.05, 0) is 25.8 Å². The van der Waals surface area contributed by atoms with Crippen LogP contribution in [-0.4, -0.2) is 36.3 Å². The molecule has 0 aliphatic carbocycles. The van der Waals surface area contributed by atoms with Crippen molar-refractivity contribution in [3.05, 3.63) is 17.3 Å². The molecule has 0 radical (unpaired) electrons. The van der Waals surface area contributed by atoms with Gasteiger partial charge in [0.2, 0.25) is 10.0 Å². The first kappa shape index (κ1) is 15.5. The van der Waals surface area contributed by atoms with Gasteiger partial charge in [-0.15, -0.1) is 0 Å². The van der Waals surface area contributed by atoms with E-state index in [9.17, 15) is 8.42 Å². The van der Waals surface area contributed by atoms with E-state index in [1.165, 1.54) is 16.6 Å². The summed E-state index contributed by atoms with van der Waals surface area (Å²) < 4.78 is 27.0. The van der Waals surface area contributed by atoms with Crippen LogP contribution in [-0.2, 0) is 10.0 Å². The van der Waals surface area contributed by atoms with E-state index in [-0.39, 0.29) is 27.8 Å². The zero-order valence-electron chi connectivity index (χ0n) is 11.3. The summed E-state index contributed by atoms with van der Waals surface area (Å²) in [4.78, 5) is 3.77. The fourth-order valence-corrected chi connectivity index (χ4v) is 4.61. The molecule has 1 aliphatic rings. The highest BCUT2D eigenvalue weighted by atomic mass is 35.5. The Labute approximate surface area is 124 Å². The van der Waals surface area contributed by atoms with Gasteiger partial charge < -0.3 is 11.5 Å². The zero-order valence-corrected chi connectivity index (χ0v) is 12.9. The second-order valence-electron chi connectivity index (χ2n) is 5.07. The van der Waals surface area contributed by atoms with E-state index in [1.807, 2.05) is 6.92 Å². The number of halogens is 1. The fourth-order valence-electron chi connectivity index (χ4n) is 2.52. The molecule has 0 spiro atoms. The smallest absolute Gasteiger partial charge is 0.247 e. The molecule has 1 saturated heterocycles. The van der Waals surface area contributed by atoms with Crippen molar-refractivity contribution in [3.8, 4) is 0 Å². The number of nitrogen functional groups attached to an aromatic ring is 1. The molecule has 0 unspecified atom stereocenters. The van der Waals surface area contributed by atoms with Gasteiger partial charge in [-0.3, -0.25) is 0 Å². The summed E-state index contributed by atoms with van der Waals surface area (Å²) in [7, 11) is -3.73. The number of nitrogens with zero attached hydrogens (tertiary/aromatic N) is 2. The maximum atomic E-state index is 12.8. The van der Waals surface area contributed by atoms with Crippen LogP contribution >= 0.6 is 11.6 Å². The molecular formula is C12H19ClN4O2S. The second kappa shape index (κ2) is 5.85. The van der Waals surface area contributed by atoms with Gasteiger partial charge in [0.05, 0.1) is 5.02 Å². The monoisotopic (exact) mass is 318 g/mol. The molecule has 0 amide bonds. The molecule has 112 valence electrons. The Morgan fingerprint density at radius 1 is 1.50 bits per heavy atom. The van der Waals surface area contributed by atoms with Crippen molar-refractivity contribution in [2.45, 2.75) is 43.2 Å². The van der Waals surface area contributed by atoms with Crippen molar-refractivity contribution in [1.29, 1.82) is 0 Å².